The maximum absolute atomic E-state index is 11.7. The second kappa shape index (κ2) is 5.76. The molecule has 0 saturated heterocycles. The number of anilines is 1. The molecule has 0 radical (unpaired) electrons. The predicted octanol–water partition coefficient (Wildman–Crippen LogP) is 2.68. The van der Waals surface area contributed by atoms with Crippen molar-refractivity contribution in [3.05, 3.63) is 29.8 Å². The summed E-state index contributed by atoms with van der Waals surface area (Å²) in [6.45, 7) is 6.20. The Labute approximate surface area is 109 Å². The fourth-order valence-electron chi connectivity index (χ4n) is 1.41. The van der Waals surface area contributed by atoms with Gasteiger partial charge in [-0.15, -0.1) is 0 Å². The minimum atomic E-state index is -0.452. The van der Waals surface area contributed by atoms with Crippen LogP contribution in [0.15, 0.2) is 24.3 Å². The van der Waals surface area contributed by atoms with E-state index >= 15 is 0 Å². The molecule has 0 unspecified atom stereocenters. The van der Waals surface area contributed by atoms with E-state index < -0.39 is 5.60 Å². The summed E-state index contributed by atoms with van der Waals surface area (Å²) in [6, 6.07) is 7.67. The average molecular weight is 250 g/mol. The third-order valence-electron chi connectivity index (χ3n) is 2.42. The second-order valence-electron chi connectivity index (χ2n) is 5.39. The quantitative estimate of drug-likeness (QED) is 0.839. The van der Waals surface area contributed by atoms with Crippen molar-refractivity contribution in [1.29, 1.82) is 0 Å². The zero-order valence-electron chi connectivity index (χ0n) is 11.6. The average Bonchev–Trinajstić information content (AvgIpc) is 2.25. The van der Waals surface area contributed by atoms with Gasteiger partial charge in [0.15, 0.2) is 0 Å². The lowest BCUT2D eigenvalue weighted by Gasteiger charge is -2.24. The van der Waals surface area contributed by atoms with Gasteiger partial charge in [0.2, 0.25) is 0 Å². The summed E-state index contributed by atoms with van der Waals surface area (Å²) in [6.07, 6.45) is 0.494. The Hall–Kier alpha value is -1.71. The largest absolute Gasteiger partial charge is 0.444 e. The van der Waals surface area contributed by atoms with E-state index in [-0.39, 0.29) is 6.09 Å². The van der Waals surface area contributed by atoms with Gasteiger partial charge >= 0.3 is 6.09 Å². The molecule has 4 heteroatoms. The maximum Gasteiger partial charge on any atom is 0.410 e. The monoisotopic (exact) mass is 250 g/mol. The lowest BCUT2D eigenvalue weighted by atomic mass is 10.1. The van der Waals surface area contributed by atoms with Crippen molar-refractivity contribution in [2.75, 3.05) is 19.3 Å². The van der Waals surface area contributed by atoms with Gasteiger partial charge in [-0.3, -0.25) is 0 Å². The molecule has 0 fully saturated rings. The molecule has 1 amide bonds. The zero-order valence-corrected chi connectivity index (χ0v) is 11.6. The van der Waals surface area contributed by atoms with Gasteiger partial charge in [0.25, 0.3) is 0 Å². The lowest BCUT2D eigenvalue weighted by molar-refractivity contribution is 0.0301. The Balaban J connectivity index is 2.43. The fourth-order valence-corrected chi connectivity index (χ4v) is 1.41. The summed E-state index contributed by atoms with van der Waals surface area (Å²) in [7, 11) is 1.74. The van der Waals surface area contributed by atoms with Crippen molar-refractivity contribution in [1.82, 2.24) is 4.90 Å². The zero-order chi connectivity index (χ0) is 13.8. The maximum atomic E-state index is 11.7. The highest BCUT2D eigenvalue weighted by Crippen LogP contribution is 2.10. The number of rotatable bonds is 3. The summed E-state index contributed by atoms with van der Waals surface area (Å²) in [5, 5.41) is 0. The van der Waals surface area contributed by atoms with Crippen molar-refractivity contribution >= 4 is 11.8 Å². The minimum absolute atomic E-state index is 0.294. The van der Waals surface area contributed by atoms with Crippen LogP contribution in [0.25, 0.3) is 0 Å². The van der Waals surface area contributed by atoms with Gasteiger partial charge in [0.05, 0.1) is 0 Å². The van der Waals surface area contributed by atoms with Gasteiger partial charge in [-0.25, -0.2) is 4.79 Å². The topological polar surface area (TPSA) is 55.6 Å². The Kier molecular flexibility index (Phi) is 4.59. The number of hydrogen-bond acceptors (Lipinski definition) is 3. The van der Waals surface area contributed by atoms with E-state index in [0.717, 1.165) is 17.7 Å². The highest BCUT2D eigenvalue weighted by atomic mass is 16.6. The van der Waals surface area contributed by atoms with Crippen LogP contribution < -0.4 is 5.73 Å². The molecule has 4 nitrogen and oxygen atoms in total. The number of carbonyl (C=O) groups excluding carboxylic acids is 1. The Morgan fingerprint density at radius 3 is 2.33 bits per heavy atom. The Bertz CT molecular complexity index is 393. The van der Waals surface area contributed by atoms with Crippen LogP contribution in [0.2, 0.25) is 0 Å². The van der Waals surface area contributed by atoms with Crippen molar-refractivity contribution < 1.29 is 9.53 Å². The van der Waals surface area contributed by atoms with Gasteiger partial charge < -0.3 is 15.4 Å². The molecular weight excluding hydrogens is 228 g/mol. The van der Waals surface area contributed by atoms with E-state index in [1.54, 1.807) is 11.9 Å². The van der Waals surface area contributed by atoms with E-state index in [1.807, 2.05) is 45.0 Å². The SMILES string of the molecule is CN(CCc1ccc(N)cc1)C(=O)OC(C)(C)C. The van der Waals surface area contributed by atoms with Crippen LogP contribution in [0.4, 0.5) is 10.5 Å². The summed E-state index contributed by atoms with van der Waals surface area (Å²) in [5.41, 5.74) is 7.07. The number of benzene rings is 1. The standard InChI is InChI=1S/C14H22N2O2/c1-14(2,3)18-13(17)16(4)10-9-11-5-7-12(15)8-6-11/h5-8H,9-10,15H2,1-4H3. The highest BCUT2D eigenvalue weighted by Gasteiger charge is 2.19. The van der Waals surface area contributed by atoms with Gasteiger partial charge in [-0.2, -0.15) is 0 Å². The number of ether oxygens (including phenoxy) is 1. The van der Waals surface area contributed by atoms with E-state index in [4.69, 9.17) is 10.5 Å². The number of nitrogens with zero attached hydrogens (tertiary/aromatic N) is 1. The van der Waals surface area contributed by atoms with Crippen molar-refractivity contribution in [3.8, 4) is 0 Å². The van der Waals surface area contributed by atoms with Gasteiger partial charge in [-0.05, 0) is 44.9 Å². The van der Waals surface area contributed by atoms with Gasteiger partial charge in [-0.1, -0.05) is 12.1 Å². The number of likely N-dealkylation sites (N-methyl/N-ethyl adjacent to an activating group) is 1. The normalized spacial score (nSPS) is 11.1. The van der Waals surface area contributed by atoms with Crippen LogP contribution in [0.1, 0.15) is 26.3 Å². The molecule has 100 valence electrons. The molecule has 1 aromatic carbocycles. The fraction of sp³-hybridized carbons (Fsp3) is 0.500. The predicted molar refractivity (Wildman–Crippen MR) is 73.4 cm³/mol. The summed E-state index contributed by atoms with van der Waals surface area (Å²) >= 11 is 0. The van der Waals surface area contributed by atoms with Crippen LogP contribution in [0, 0.1) is 0 Å². The minimum Gasteiger partial charge on any atom is -0.444 e. The lowest BCUT2D eigenvalue weighted by Crippen LogP contribution is -2.35. The molecule has 0 aromatic heterocycles. The van der Waals surface area contributed by atoms with E-state index in [9.17, 15) is 4.79 Å². The molecule has 0 spiro atoms. The first-order valence-corrected chi connectivity index (χ1v) is 6.06. The van der Waals surface area contributed by atoms with Crippen molar-refractivity contribution in [3.63, 3.8) is 0 Å². The summed E-state index contributed by atoms with van der Waals surface area (Å²) in [4.78, 5) is 13.3. The van der Waals surface area contributed by atoms with Gasteiger partial charge in [0, 0.05) is 19.3 Å². The van der Waals surface area contributed by atoms with Crippen molar-refractivity contribution in [2.24, 2.45) is 0 Å². The Morgan fingerprint density at radius 2 is 1.83 bits per heavy atom. The first-order chi connectivity index (χ1) is 8.28. The highest BCUT2D eigenvalue weighted by molar-refractivity contribution is 5.67. The smallest absolute Gasteiger partial charge is 0.410 e. The molecule has 0 aliphatic heterocycles. The molecule has 0 bridgehead atoms. The molecule has 1 rings (SSSR count). The third-order valence-corrected chi connectivity index (χ3v) is 2.42. The van der Waals surface area contributed by atoms with Crippen LogP contribution >= 0.6 is 0 Å². The Morgan fingerprint density at radius 1 is 1.28 bits per heavy atom. The third kappa shape index (κ3) is 5.08. The molecule has 2 N–H and O–H groups in total. The van der Waals surface area contributed by atoms with E-state index in [2.05, 4.69) is 0 Å². The van der Waals surface area contributed by atoms with E-state index in [0.29, 0.717) is 6.54 Å². The van der Waals surface area contributed by atoms with Crippen LogP contribution in [0.3, 0.4) is 0 Å². The first-order valence-electron chi connectivity index (χ1n) is 6.06. The van der Waals surface area contributed by atoms with Crippen LogP contribution in [0.5, 0.6) is 0 Å². The van der Waals surface area contributed by atoms with Crippen molar-refractivity contribution in [2.45, 2.75) is 32.8 Å². The van der Waals surface area contributed by atoms with Crippen LogP contribution in [-0.2, 0) is 11.2 Å². The number of amides is 1. The molecule has 0 atom stereocenters. The summed E-state index contributed by atoms with van der Waals surface area (Å²) < 4.78 is 5.27. The molecular formula is C14H22N2O2. The molecule has 18 heavy (non-hydrogen) atoms. The van der Waals surface area contributed by atoms with E-state index in [1.165, 1.54) is 0 Å². The molecule has 0 aliphatic carbocycles. The molecule has 0 aliphatic rings. The first kappa shape index (κ1) is 14.4. The van der Waals surface area contributed by atoms with Gasteiger partial charge in [0.1, 0.15) is 5.60 Å². The van der Waals surface area contributed by atoms with Crippen LogP contribution in [-0.4, -0.2) is 30.2 Å². The number of hydrogen-bond donors (Lipinski definition) is 1. The number of nitrogen functional groups attached to an aromatic ring is 1. The number of nitrogens with two attached hydrogens (primary N) is 1. The summed E-state index contributed by atoms with van der Waals surface area (Å²) in [5.74, 6) is 0. The molecule has 0 heterocycles. The molecule has 0 saturated carbocycles. The molecule has 1 aromatic rings. The second-order valence-corrected chi connectivity index (χ2v) is 5.39. The number of carbonyl (C=O) groups is 1.